The van der Waals surface area contributed by atoms with Gasteiger partial charge in [0.15, 0.2) is 0 Å². The third-order valence-corrected chi connectivity index (χ3v) is 3.82. The number of carbonyl (C=O) groups is 1. The van der Waals surface area contributed by atoms with Crippen molar-refractivity contribution in [2.75, 3.05) is 0 Å². The second kappa shape index (κ2) is 5.35. The molecule has 1 amide bonds. The van der Waals surface area contributed by atoms with Crippen LogP contribution in [-0.4, -0.2) is 15.5 Å². The summed E-state index contributed by atoms with van der Waals surface area (Å²) in [6, 6.07) is 5.63. The lowest BCUT2D eigenvalue weighted by atomic mass is 10.1. The average molecular weight is 308 g/mol. The number of imidazole rings is 1. The molecule has 0 saturated heterocycles. The maximum atomic E-state index is 12.0. The molecule has 5 heteroatoms. The van der Waals surface area contributed by atoms with Gasteiger partial charge in [0.2, 0.25) is 0 Å². The molecular formula is C13H14BrN3O. The van der Waals surface area contributed by atoms with E-state index in [2.05, 4.69) is 26.2 Å². The van der Waals surface area contributed by atoms with Crippen LogP contribution < -0.4 is 5.32 Å². The molecule has 1 aromatic heterocycles. The number of aromatic nitrogens is 2. The monoisotopic (exact) mass is 307 g/mol. The van der Waals surface area contributed by atoms with E-state index in [1.165, 1.54) is 0 Å². The van der Waals surface area contributed by atoms with E-state index in [0.29, 0.717) is 12.1 Å². The van der Waals surface area contributed by atoms with E-state index in [9.17, 15) is 4.79 Å². The van der Waals surface area contributed by atoms with Crippen LogP contribution in [0, 0.1) is 6.92 Å². The van der Waals surface area contributed by atoms with Crippen molar-refractivity contribution in [3.8, 4) is 0 Å². The Kier molecular flexibility index (Phi) is 3.81. The highest BCUT2D eigenvalue weighted by Crippen LogP contribution is 2.20. The standard InChI is InChI=1S/C13H14BrN3O/c1-9-4-3-5-10(12(9)14)13(18)16-8-11-15-6-7-17(11)2/h3-7H,8H2,1-2H3,(H,16,18). The number of amides is 1. The van der Waals surface area contributed by atoms with E-state index in [4.69, 9.17) is 0 Å². The topological polar surface area (TPSA) is 46.9 Å². The van der Waals surface area contributed by atoms with E-state index >= 15 is 0 Å². The van der Waals surface area contributed by atoms with E-state index < -0.39 is 0 Å². The Morgan fingerprint density at radius 1 is 1.50 bits per heavy atom. The molecule has 2 aromatic rings. The number of carbonyl (C=O) groups excluding carboxylic acids is 1. The summed E-state index contributed by atoms with van der Waals surface area (Å²) in [6.07, 6.45) is 3.56. The SMILES string of the molecule is Cc1cccc(C(=O)NCc2nccn2C)c1Br. The van der Waals surface area contributed by atoms with Gasteiger partial charge in [-0.1, -0.05) is 12.1 Å². The van der Waals surface area contributed by atoms with Crippen LogP contribution in [0.3, 0.4) is 0 Å². The highest BCUT2D eigenvalue weighted by Gasteiger charge is 2.11. The van der Waals surface area contributed by atoms with Gasteiger partial charge in [-0.25, -0.2) is 4.98 Å². The highest BCUT2D eigenvalue weighted by atomic mass is 79.9. The Morgan fingerprint density at radius 2 is 2.28 bits per heavy atom. The predicted octanol–water partition coefficient (Wildman–Crippen LogP) is 2.42. The minimum atomic E-state index is -0.103. The second-order valence-corrected chi connectivity index (χ2v) is 4.87. The maximum absolute atomic E-state index is 12.0. The number of aryl methyl sites for hydroxylation is 2. The molecule has 1 heterocycles. The molecule has 18 heavy (non-hydrogen) atoms. The smallest absolute Gasteiger partial charge is 0.252 e. The fourth-order valence-electron chi connectivity index (χ4n) is 1.64. The van der Waals surface area contributed by atoms with Gasteiger partial charge in [0.05, 0.1) is 12.1 Å². The third-order valence-electron chi connectivity index (χ3n) is 2.76. The van der Waals surface area contributed by atoms with Crippen LogP contribution in [0.4, 0.5) is 0 Å². The molecule has 0 spiro atoms. The number of benzene rings is 1. The number of nitrogens with one attached hydrogen (secondary N) is 1. The van der Waals surface area contributed by atoms with Crippen LogP contribution in [0.15, 0.2) is 35.1 Å². The summed E-state index contributed by atoms with van der Waals surface area (Å²) < 4.78 is 2.72. The number of nitrogens with zero attached hydrogens (tertiary/aromatic N) is 2. The normalized spacial score (nSPS) is 10.4. The molecule has 4 nitrogen and oxygen atoms in total. The zero-order valence-electron chi connectivity index (χ0n) is 10.3. The summed E-state index contributed by atoms with van der Waals surface area (Å²) in [5.74, 6) is 0.723. The van der Waals surface area contributed by atoms with Crippen molar-refractivity contribution in [3.05, 3.63) is 52.0 Å². The number of hydrogen-bond donors (Lipinski definition) is 1. The fraction of sp³-hybridized carbons (Fsp3) is 0.231. The van der Waals surface area contributed by atoms with Gasteiger partial charge in [0.1, 0.15) is 5.82 Å². The Labute approximate surface area is 114 Å². The van der Waals surface area contributed by atoms with Gasteiger partial charge in [0, 0.05) is 23.9 Å². The van der Waals surface area contributed by atoms with Crippen molar-refractivity contribution < 1.29 is 4.79 Å². The Balaban J connectivity index is 2.09. The zero-order chi connectivity index (χ0) is 13.1. The summed E-state index contributed by atoms with van der Waals surface area (Å²) in [5.41, 5.74) is 1.68. The van der Waals surface area contributed by atoms with E-state index in [-0.39, 0.29) is 5.91 Å². The molecule has 0 atom stereocenters. The molecule has 94 valence electrons. The molecule has 1 aromatic carbocycles. The summed E-state index contributed by atoms with van der Waals surface area (Å²) in [5, 5.41) is 2.86. The Hall–Kier alpha value is -1.62. The molecule has 0 bridgehead atoms. The van der Waals surface area contributed by atoms with Crippen molar-refractivity contribution >= 4 is 21.8 Å². The van der Waals surface area contributed by atoms with Gasteiger partial charge >= 0.3 is 0 Å². The molecule has 0 aliphatic rings. The number of halogens is 1. The Bertz CT molecular complexity index is 577. The van der Waals surface area contributed by atoms with Gasteiger partial charge in [0.25, 0.3) is 5.91 Å². The Morgan fingerprint density at radius 3 is 2.94 bits per heavy atom. The van der Waals surface area contributed by atoms with Crippen molar-refractivity contribution in [1.82, 2.24) is 14.9 Å². The lowest BCUT2D eigenvalue weighted by Gasteiger charge is -2.08. The van der Waals surface area contributed by atoms with E-state index in [1.807, 2.05) is 36.9 Å². The largest absolute Gasteiger partial charge is 0.345 e. The molecule has 0 fully saturated rings. The van der Waals surface area contributed by atoms with Crippen LogP contribution in [0.1, 0.15) is 21.7 Å². The minimum absolute atomic E-state index is 0.103. The summed E-state index contributed by atoms with van der Waals surface area (Å²) in [6.45, 7) is 2.38. The van der Waals surface area contributed by atoms with Gasteiger partial charge in [-0.15, -0.1) is 0 Å². The minimum Gasteiger partial charge on any atom is -0.345 e. The molecule has 0 saturated carbocycles. The quantitative estimate of drug-likeness (QED) is 0.946. The van der Waals surface area contributed by atoms with Crippen LogP contribution in [-0.2, 0) is 13.6 Å². The van der Waals surface area contributed by atoms with Gasteiger partial charge in [-0.3, -0.25) is 4.79 Å². The molecule has 0 aliphatic heterocycles. The summed E-state index contributed by atoms with van der Waals surface area (Å²) in [7, 11) is 1.90. The number of hydrogen-bond acceptors (Lipinski definition) is 2. The van der Waals surface area contributed by atoms with Gasteiger partial charge < -0.3 is 9.88 Å². The predicted molar refractivity (Wildman–Crippen MR) is 73.3 cm³/mol. The summed E-state index contributed by atoms with van der Waals surface area (Å²) in [4.78, 5) is 16.2. The number of rotatable bonds is 3. The first-order chi connectivity index (χ1) is 8.59. The van der Waals surface area contributed by atoms with Crippen molar-refractivity contribution in [2.45, 2.75) is 13.5 Å². The third kappa shape index (κ3) is 2.61. The van der Waals surface area contributed by atoms with Gasteiger partial charge in [-0.2, -0.15) is 0 Å². The lowest BCUT2D eigenvalue weighted by molar-refractivity contribution is 0.0948. The first-order valence-corrected chi connectivity index (χ1v) is 6.38. The second-order valence-electron chi connectivity index (χ2n) is 4.07. The van der Waals surface area contributed by atoms with Crippen LogP contribution >= 0.6 is 15.9 Å². The fourth-order valence-corrected chi connectivity index (χ4v) is 2.09. The highest BCUT2D eigenvalue weighted by molar-refractivity contribution is 9.10. The lowest BCUT2D eigenvalue weighted by Crippen LogP contribution is -2.24. The van der Waals surface area contributed by atoms with Crippen molar-refractivity contribution in [2.24, 2.45) is 7.05 Å². The molecule has 2 rings (SSSR count). The first kappa shape index (κ1) is 12.8. The van der Waals surface area contributed by atoms with E-state index in [1.54, 1.807) is 12.3 Å². The zero-order valence-corrected chi connectivity index (χ0v) is 11.9. The molecule has 0 aliphatic carbocycles. The average Bonchev–Trinajstić information content (AvgIpc) is 2.75. The summed E-state index contributed by atoms with van der Waals surface area (Å²) >= 11 is 3.43. The molecule has 0 unspecified atom stereocenters. The maximum Gasteiger partial charge on any atom is 0.252 e. The van der Waals surface area contributed by atoms with Crippen LogP contribution in [0.5, 0.6) is 0 Å². The van der Waals surface area contributed by atoms with Crippen molar-refractivity contribution in [3.63, 3.8) is 0 Å². The molecule has 1 N–H and O–H groups in total. The van der Waals surface area contributed by atoms with Crippen molar-refractivity contribution in [1.29, 1.82) is 0 Å². The molecule has 0 radical (unpaired) electrons. The van der Waals surface area contributed by atoms with Crippen LogP contribution in [0.25, 0.3) is 0 Å². The first-order valence-electron chi connectivity index (χ1n) is 5.59. The molecular weight excluding hydrogens is 294 g/mol. The van der Waals surface area contributed by atoms with E-state index in [0.717, 1.165) is 15.9 Å². The van der Waals surface area contributed by atoms with Gasteiger partial charge in [-0.05, 0) is 34.5 Å². The van der Waals surface area contributed by atoms with Crippen LogP contribution in [0.2, 0.25) is 0 Å².